The minimum Gasteiger partial charge on any atom is -0.493 e. The molecule has 2 rings (SSSR count). The van der Waals surface area contributed by atoms with Crippen molar-refractivity contribution in [3.63, 3.8) is 0 Å². The van der Waals surface area contributed by atoms with Crippen LogP contribution in [0.4, 0.5) is 0 Å². The van der Waals surface area contributed by atoms with Crippen molar-refractivity contribution >= 4 is 17.7 Å². The highest BCUT2D eigenvalue weighted by atomic mass is 16.5. The number of hydrazine groups is 1. The molecule has 2 aromatic carbocycles. The molecule has 0 saturated heterocycles. The molecule has 0 spiro atoms. The molecule has 0 saturated carbocycles. The Kier molecular flexibility index (Phi) is 7.24. The summed E-state index contributed by atoms with van der Waals surface area (Å²) in [6, 6.07) is 8.94. The SMILES string of the molecule is COc1cc(C(=O)NNC(=O)c2cccc(OCC(N)=O)c2)cc(OC)c1OC. The van der Waals surface area contributed by atoms with Crippen LogP contribution < -0.4 is 35.5 Å². The number of benzene rings is 2. The number of carbonyl (C=O) groups excluding carboxylic acids is 3. The summed E-state index contributed by atoms with van der Waals surface area (Å²) < 4.78 is 20.7. The standard InChI is InChI=1S/C19H21N3O7/c1-26-14-8-12(9-15(27-2)17(14)28-3)19(25)22-21-18(24)11-5-4-6-13(7-11)29-10-16(20)23/h4-9H,10H2,1-3H3,(H2,20,23)(H,21,24)(H,22,25). The summed E-state index contributed by atoms with van der Waals surface area (Å²) in [6.45, 7) is -0.317. The van der Waals surface area contributed by atoms with E-state index in [1.807, 2.05) is 0 Å². The van der Waals surface area contributed by atoms with Gasteiger partial charge in [-0.2, -0.15) is 0 Å². The van der Waals surface area contributed by atoms with Crippen LogP contribution in [-0.4, -0.2) is 45.7 Å². The van der Waals surface area contributed by atoms with Gasteiger partial charge >= 0.3 is 0 Å². The van der Waals surface area contributed by atoms with Crippen LogP contribution in [0.2, 0.25) is 0 Å². The number of hydrogen-bond donors (Lipinski definition) is 3. The van der Waals surface area contributed by atoms with Gasteiger partial charge in [-0.25, -0.2) is 0 Å². The van der Waals surface area contributed by atoms with Gasteiger partial charge < -0.3 is 24.7 Å². The van der Waals surface area contributed by atoms with E-state index in [-0.39, 0.29) is 23.5 Å². The van der Waals surface area contributed by atoms with Crippen LogP contribution in [0.15, 0.2) is 36.4 Å². The maximum atomic E-state index is 12.4. The Hall–Kier alpha value is -3.95. The van der Waals surface area contributed by atoms with E-state index < -0.39 is 17.7 Å². The van der Waals surface area contributed by atoms with Crippen molar-refractivity contribution in [2.75, 3.05) is 27.9 Å². The quantitative estimate of drug-likeness (QED) is 0.550. The third-order valence-corrected chi connectivity index (χ3v) is 3.69. The lowest BCUT2D eigenvalue weighted by atomic mass is 10.1. The van der Waals surface area contributed by atoms with E-state index in [1.165, 1.54) is 45.6 Å². The Bertz CT molecular complexity index is 889. The topological polar surface area (TPSA) is 138 Å². The fourth-order valence-corrected chi connectivity index (χ4v) is 2.35. The fraction of sp³-hybridized carbons (Fsp3) is 0.211. The zero-order valence-electron chi connectivity index (χ0n) is 16.1. The van der Waals surface area contributed by atoms with Gasteiger partial charge in [0.15, 0.2) is 18.1 Å². The molecule has 29 heavy (non-hydrogen) atoms. The first-order valence-corrected chi connectivity index (χ1v) is 8.31. The molecule has 0 aliphatic carbocycles. The van der Waals surface area contributed by atoms with Crippen LogP contribution in [0.3, 0.4) is 0 Å². The van der Waals surface area contributed by atoms with Crippen LogP contribution in [0.5, 0.6) is 23.0 Å². The van der Waals surface area contributed by atoms with Crippen LogP contribution in [-0.2, 0) is 4.79 Å². The van der Waals surface area contributed by atoms with E-state index in [4.69, 9.17) is 24.7 Å². The minimum absolute atomic E-state index is 0.179. The van der Waals surface area contributed by atoms with Gasteiger partial charge in [-0.1, -0.05) is 6.07 Å². The second-order valence-corrected chi connectivity index (χ2v) is 5.61. The summed E-state index contributed by atoms with van der Waals surface area (Å²) in [4.78, 5) is 35.5. The summed E-state index contributed by atoms with van der Waals surface area (Å²) in [5, 5.41) is 0. The number of rotatable bonds is 8. The number of hydrogen-bond acceptors (Lipinski definition) is 7. The molecule has 3 amide bonds. The monoisotopic (exact) mass is 403 g/mol. The number of primary amides is 1. The van der Waals surface area contributed by atoms with Gasteiger partial charge in [-0.3, -0.25) is 25.2 Å². The van der Waals surface area contributed by atoms with Crippen LogP contribution in [0, 0.1) is 0 Å². The first-order valence-electron chi connectivity index (χ1n) is 8.31. The fourth-order valence-electron chi connectivity index (χ4n) is 2.35. The van der Waals surface area contributed by atoms with Gasteiger partial charge in [0.25, 0.3) is 17.7 Å². The number of methoxy groups -OCH3 is 3. The van der Waals surface area contributed by atoms with Crippen molar-refractivity contribution in [2.45, 2.75) is 0 Å². The minimum atomic E-state index is -0.641. The summed E-state index contributed by atoms with van der Waals surface area (Å²) in [6.07, 6.45) is 0. The molecule has 0 bridgehead atoms. The van der Waals surface area contributed by atoms with Gasteiger partial charge in [0, 0.05) is 11.1 Å². The highest BCUT2D eigenvalue weighted by molar-refractivity contribution is 5.99. The number of nitrogens with one attached hydrogen (secondary N) is 2. The lowest BCUT2D eigenvalue weighted by molar-refractivity contribution is -0.119. The summed E-state index contributed by atoms with van der Waals surface area (Å²) in [7, 11) is 4.30. The van der Waals surface area contributed by atoms with Gasteiger partial charge in [0.05, 0.1) is 21.3 Å². The molecule has 154 valence electrons. The molecule has 0 radical (unpaired) electrons. The zero-order chi connectivity index (χ0) is 21.4. The molecule has 0 aliphatic heterocycles. The Morgan fingerprint density at radius 3 is 1.97 bits per heavy atom. The summed E-state index contributed by atoms with van der Waals surface area (Å²) >= 11 is 0. The molecular weight excluding hydrogens is 382 g/mol. The maximum absolute atomic E-state index is 12.4. The molecule has 4 N–H and O–H groups in total. The molecule has 0 unspecified atom stereocenters. The Balaban J connectivity index is 2.08. The van der Waals surface area contributed by atoms with Crippen molar-refractivity contribution in [3.8, 4) is 23.0 Å². The molecule has 10 heteroatoms. The molecule has 0 fully saturated rings. The summed E-state index contributed by atoms with van der Waals surface area (Å²) in [5.41, 5.74) is 10.00. The number of carbonyl (C=O) groups is 3. The van der Waals surface area contributed by atoms with Crippen molar-refractivity contribution < 1.29 is 33.3 Å². The van der Waals surface area contributed by atoms with Crippen molar-refractivity contribution in [2.24, 2.45) is 5.73 Å². The predicted octanol–water partition coefficient (Wildman–Crippen LogP) is 0.651. The lowest BCUT2D eigenvalue weighted by Gasteiger charge is -2.14. The van der Waals surface area contributed by atoms with Crippen LogP contribution in [0.1, 0.15) is 20.7 Å². The second kappa shape index (κ2) is 9.83. The highest BCUT2D eigenvalue weighted by Gasteiger charge is 2.17. The number of nitrogens with two attached hydrogens (primary N) is 1. The molecular formula is C19H21N3O7. The van der Waals surface area contributed by atoms with Crippen LogP contribution >= 0.6 is 0 Å². The molecule has 10 nitrogen and oxygen atoms in total. The Morgan fingerprint density at radius 2 is 1.45 bits per heavy atom. The number of ether oxygens (including phenoxy) is 4. The van der Waals surface area contributed by atoms with Crippen LogP contribution in [0.25, 0.3) is 0 Å². The van der Waals surface area contributed by atoms with E-state index in [9.17, 15) is 14.4 Å². The van der Waals surface area contributed by atoms with E-state index in [2.05, 4.69) is 10.9 Å². The van der Waals surface area contributed by atoms with Crippen molar-refractivity contribution in [3.05, 3.63) is 47.5 Å². The van der Waals surface area contributed by atoms with E-state index in [0.29, 0.717) is 17.2 Å². The normalized spacial score (nSPS) is 9.90. The third kappa shape index (κ3) is 5.51. The average molecular weight is 403 g/mol. The zero-order valence-corrected chi connectivity index (χ0v) is 16.1. The molecule has 0 aromatic heterocycles. The number of amides is 3. The van der Waals surface area contributed by atoms with Crippen molar-refractivity contribution in [1.82, 2.24) is 10.9 Å². The lowest BCUT2D eigenvalue weighted by Crippen LogP contribution is -2.41. The van der Waals surface area contributed by atoms with Gasteiger partial charge in [-0.05, 0) is 30.3 Å². The molecule has 0 aliphatic rings. The average Bonchev–Trinajstić information content (AvgIpc) is 2.74. The molecule has 2 aromatic rings. The second-order valence-electron chi connectivity index (χ2n) is 5.61. The molecule has 0 atom stereocenters. The highest BCUT2D eigenvalue weighted by Crippen LogP contribution is 2.38. The molecule has 0 heterocycles. The first-order chi connectivity index (χ1) is 13.9. The Morgan fingerprint density at radius 1 is 0.862 bits per heavy atom. The van der Waals surface area contributed by atoms with E-state index in [0.717, 1.165) is 0 Å². The van der Waals surface area contributed by atoms with Gasteiger partial charge in [0.2, 0.25) is 5.75 Å². The third-order valence-electron chi connectivity index (χ3n) is 3.69. The smallest absolute Gasteiger partial charge is 0.269 e. The van der Waals surface area contributed by atoms with E-state index >= 15 is 0 Å². The largest absolute Gasteiger partial charge is 0.493 e. The predicted molar refractivity (Wildman–Crippen MR) is 102 cm³/mol. The van der Waals surface area contributed by atoms with Gasteiger partial charge in [-0.15, -0.1) is 0 Å². The van der Waals surface area contributed by atoms with Crippen molar-refractivity contribution in [1.29, 1.82) is 0 Å². The first kappa shape index (κ1) is 21.4. The van der Waals surface area contributed by atoms with Gasteiger partial charge in [0.1, 0.15) is 5.75 Å². The maximum Gasteiger partial charge on any atom is 0.269 e. The van der Waals surface area contributed by atoms with E-state index in [1.54, 1.807) is 12.1 Å². The Labute approximate surface area is 166 Å². The summed E-state index contributed by atoms with van der Waals surface area (Å²) in [5.74, 6) is -0.618.